The van der Waals surface area contributed by atoms with Crippen LogP contribution in [-0.4, -0.2) is 28.9 Å². The molecule has 1 amide bonds. The Bertz CT molecular complexity index is 652. The molecule has 1 aliphatic heterocycles. The van der Waals surface area contributed by atoms with Gasteiger partial charge in [-0.3, -0.25) is 4.79 Å². The van der Waals surface area contributed by atoms with Crippen LogP contribution in [0.4, 0.5) is 4.39 Å². The highest BCUT2D eigenvalue weighted by molar-refractivity contribution is 6.29. The van der Waals surface area contributed by atoms with Crippen LogP contribution in [0.1, 0.15) is 28.8 Å². The van der Waals surface area contributed by atoms with Crippen LogP contribution in [0.25, 0.3) is 0 Å². The molecule has 0 spiro atoms. The molecule has 0 aliphatic carbocycles. The van der Waals surface area contributed by atoms with Crippen LogP contribution in [0.5, 0.6) is 0 Å². The Balaban J connectivity index is 1.69. The van der Waals surface area contributed by atoms with Crippen molar-refractivity contribution in [3.63, 3.8) is 0 Å². The van der Waals surface area contributed by atoms with Gasteiger partial charge >= 0.3 is 0 Å². The third-order valence-electron chi connectivity index (χ3n) is 4.11. The predicted octanol–water partition coefficient (Wildman–Crippen LogP) is 3.84. The molecule has 2 heterocycles. The molecule has 1 aliphatic rings. The highest BCUT2D eigenvalue weighted by Gasteiger charge is 2.37. The molecule has 1 aromatic carbocycles. The van der Waals surface area contributed by atoms with Crippen LogP contribution in [0.15, 0.2) is 48.7 Å². The van der Waals surface area contributed by atoms with Crippen LogP contribution < -0.4 is 0 Å². The third-order valence-corrected chi connectivity index (χ3v) is 4.33. The lowest BCUT2D eigenvalue weighted by Gasteiger charge is -2.36. The number of halogens is 2. The first-order valence-electron chi connectivity index (χ1n) is 7.24. The maximum absolute atomic E-state index is 15.0. The summed E-state index contributed by atoms with van der Waals surface area (Å²) in [6.45, 7) is 0.791. The number of benzene rings is 1. The van der Waals surface area contributed by atoms with Gasteiger partial charge in [0.1, 0.15) is 10.8 Å². The minimum absolute atomic E-state index is 0.126. The molecule has 0 atom stereocenters. The van der Waals surface area contributed by atoms with Gasteiger partial charge in [0.15, 0.2) is 0 Å². The monoisotopic (exact) mass is 318 g/mol. The Morgan fingerprint density at radius 1 is 1.14 bits per heavy atom. The molecule has 22 heavy (non-hydrogen) atoms. The van der Waals surface area contributed by atoms with Crippen LogP contribution >= 0.6 is 11.6 Å². The number of likely N-dealkylation sites (tertiary alicyclic amines) is 1. The Morgan fingerprint density at radius 2 is 1.82 bits per heavy atom. The van der Waals surface area contributed by atoms with E-state index < -0.39 is 5.67 Å². The fourth-order valence-corrected chi connectivity index (χ4v) is 2.89. The Morgan fingerprint density at radius 3 is 2.41 bits per heavy atom. The average Bonchev–Trinajstić information content (AvgIpc) is 2.56. The standard InChI is InChI=1S/C17H16ClFN2O/c18-15-7-6-13(12-20-15)16(22)21-10-8-17(19,9-11-21)14-4-2-1-3-5-14/h1-7,12H,8-11H2. The topological polar surface area (TPSA) is 33.2 Å². The number of hydrogen-bond donors (Lipinski definition) is 0. The van der Waals surface area contributed by atoms with E-state index in [1.807, 2.05) is 18.2 Å². The minimum Gasteiger partial charge on any atom is -0.338 e. The van der Waals surface area contributed by atoms with Crippen molar-refractivity contribution in [3.05, 3.63) is 64.9 Å². The van der Waals surface area contributed by atoms with Gasteiger partial charge in [0.2, 0.25) is 0 Å². The molecule has 2 aromatic rings. The molecule has 0 radical (unpaired) electrons. The molecule has 3 nitrogen and oxygen atoms in total. The molecule has 0 bridgehead atoms. The molecule has 0 N–H and O–H groups in total. The molecule has 0 saturated carbocycles. The van der Waals surface area contributed by atoms with E-state index in [1.54, 1.807) is 29.2 Å². The summed E-state index contributed by atoms with van der Waals surface area (Å²) in [7, 11) is 0. The fourth-order valence-electron chi connectivity index (χ4n) is 2.77. The van der Waals surface area contributed by atoms with Crippen LogP contribution in [-0.2, 0) is 5.67 Å². The number of piperidine rings is 1. The normalized spacial score (nSPS) is 17.3. The second-order valence-corrected chi connectivity index (χ2v) is 5.88. The molecule has 1 aromatic heterocycles. The maximum atomic E-state index is 15.0. The van der Waals surface area contributed by atoms with E-state index >= 15 is 4.39 Å². The van der Waals surface area contributed by atoms with Gasteiger partial charge in [-0.1, -0.05) is 41.9 Å². The highest BCUT2D eigenvalue weighted by Crippen LogP contribution is 2.37. The highest BCUT2D eigenvalue weighted by atomic mass is 35.5. The third kappa shape index (κ3) is 2.97. The number of pyridine rings is 1. The van der Waals surface area contributed by atoms with Crippen molar-refractivity contribution < 1.29 is 9.18 Å². The Hall–Kier alpha value is -1.94. The zero-order valence-corrected chi connectivity index (χ0v) is 12.8. The zero-order chi connectivity index (χ0) is 15.6. The lowest BCUT2D eigenvalue weighted by atomic mass is 9.86. The average molecular weight is 319 g/mol. The van der Waals surface area contributed by atoms with E-state index in [-0.39, 0.29) is 5.91 Å². The summed E-state index contributed by atoms with van der Waals surface area (Å²) in [4.78, 5) is 18.0. The number of alkyl halides is 1. The molecular weight excluding hydrogens is 303 g/mol. The number of carbonyl (C=O) groups is 1. The molecule has 1 fully saturated rings. The first-order chi connectivity index (χ1) is 10.6. The van der Waals surface area contributed by atoms with Crippen molar-refractivity contribution in [3.8, 4) is 0 Å². The summed E-state index contributed by atoms with van der Waals surface area (Å²) in [5.74, 6) is -0.126. The van der Waals surface area contributed by atoms with E-state index in [4.69, 9.17) is 11.6 Å². The van der Waals surface area contributed by atoms with Gasteiger partial charge in [0, 0.05) is 32.1 Å². The molecule has 5 heteroatoms. The Kier molecular flexibility index (Phi) is 4.12. The van der Waals surface area contributed by atoms with Crippen LogP contribution in [0.3, 0.4) is 0 Å². The Labute approximate surface area is 133 Å². The van der Waals surface area contributed by atoms with E-state index in [1.165, 1.54) is 6.20 Å². The van der Waals surface area contributed by atoms with Gasteiger partial charge < -0.3 is 4.90 Å². The zero-order valence-electron chi connectivity index (χ0n) is 12.0. The number of carbonyl (C=O) groups excluding carboxylic acids is 1. The molecule has 3 rings (SSSR count). The molecule has 114 valence electrons. The van der Waals surface area contributed by atoms with Gasteiger partial charge in [-0.15, -0.1) is 0 Å². The lowest BCUT2D eigenvalue weighted by molar-refractivity contribution is 0.0421. The fraction of sp³-hybridized carbons (Fsp3) is 0.294. The molecule has 1 saturated heterocycles. The number of hydrogen-bond acceptors (Lipinski definition) is 2. The van der Waals surface area contributed by atoms with Gasteiger partial charge in [-0.05, 0) is 17.7 Å². The van der Waals surface area contributed by atoms with E-state index in [0.29, 0.717) is 42.2 Å². The molecular formula is C17H16ClFN2O. The van der Waals surface area contributed by atoms with Gasteiger partial charge in [-0.25, -0.2) is 9.37 Å². The smallest absolute Gasteiger partial charge is 0.255 e. The first kappa shape index (κ1) is 15.0. The quantitative estimate of drug-likeness (QED) is 0.788. The van der Waals surface area contributed by atoms with E-state index in [0.717, 1.165) is 0 Å². The first-order valence-corrected chi connectivity index (χ1v) is 7.62. The second-order valence-electron chi connectivity index (χ2n) is 5.49. The van der Waals surface area contributed by atoms with Gasteiger partial charge in [-0.2, -0.15) is 0 Å². The van der Waals surface area contributed by atoms with E-state index in [9.17, 15) is 4.79 Å². The number of amides is 1. The van der Waals surface area contributed by atoms with Crippen molar-refractivity contribution in [1.29, 1.82) is 0 Å². The summed E-state index contributed by atoms with van der Waals surface area (Å²) >= 11 is 5.72. The summed E-state index contributed by atoms with van der Waals surface area (Å²) in [5.41, 5.74) is -0.179. The summed E-state index contributed by atoms with van der Waals surface area (Å²) in [5, 5.41) is 0.349. The van der Waals surface area contributed by atoms with Crippen molar-refractivity contribution >= 4 is 17.5 Å². The predicted molar refractivity (Wildman–Crippen MR) is 83.6 cm³/mol. The maximum Gasteiger partial charge on any atom is 0.255 e. The van der Waals surface area contributed by atoms with Crippen molar-refractivity contribution in [2.75, 3.05) is 13.1 Å². The van der Waals surface area contributed by atoms with Crippen LogP contribution in [0.2, 0.25) is 5.15 Å². The van der Waals surface area contributed by atoms with Gasteiger partial charge in [0.05, 0.1) is 5.56 Å². The van der Waals surface area contributed by atoms with Crippen molar-refractivity contribution in [1.82, 2.24) is 9.88 Å². The summed E-state index contributed by atoms with van der Waals surface area (Å²) in [6, 6.07) is 12.4. The van der Waals surface area contributed by atoms with Crippen LogP contribution in [0, 0.1) is 0 Å². The minimum atomic E-state index is -1.35. The number of nitrogens with zero attached hydrogens (tertiary/aromatic N) is 2. The molecule has 0 unspecified atom stereocenters. The van der Waals surface area contributed by atoms with Crippen molar-refractivity contribution in [2.45, 2.75) is 18.5 Å². The van der Waals surface area contributed by atoms with Crippen molar-refractivity contribution in [2.24, 2.45) is 0 Å². The number of rotatable bonds is 2. The number of aromatic nitrogens is 1. The summed E-state index contributed by atoms with van der Waals surface area (Å²) < 4.78 is 15.0. The largest absolute Gasteiger partial charge is 0.338 e. The second kappa shape index (κ2) is 6.05. The lowest BCUT2D eigenvalue weighted by Crippen LogP contribution is -2.43. The SMILES string of the molecule is O=C(c1ccc(Cl)nc1)N1CCC(F)(c2ccccc2)CC1. The van der Waals surface area contributed by atoms with E-state index in [2.05, 4.69) is 4.98 Å². The van der Waals surface area contributed by atoms with Gasteiger partial charge in [0.25, 0.3) is 5.91 Å². The summed E-state index contributed by atoms with van der Waals surface area (Å²) in [6.07, 6.45) is 2.08.